The Hall–Kier alpha value is -1.38. The standard InChI is InChI=1S/C16H22O2/c1-2-9-16(12-7-4-8-13-17)18-14-15-10-5-3-6-11-15/h2-6,8,10-11,16-17H,1,7,9,12-14H2/b8-4-/t16-/m1/s1. The van der Waals surface area contributed by atoms with Gasteiger partial charge in [-0.1, -0.05) is 48.6 Å². The van der Waals surface area contributed by atoms with Crippen molar-refractivity contribution in [3.05, 3.63) is 60.7 Å². The average Bonchev–Trinajstić information content (AvgIpc) is 2.42. The molecule has 1 aromatic carbocycles. The number of aliphatic hydroxyl groups excluding tert-OH is 1. The van der Waals surface area contributed by atoms with Crippen LogP contribution >= 0.6 is 0 Å². The summed E-state index contributed by atoms with van der Waals surface area (Å²) >= 11 is 0. The van der Waals surface area contributed by atoms with Gasteiger partial charge in [-0.2, -0.15) is 0 Å². The first-order valence-corrected chi connectivity index (χ1v) is 6.39. The second-order valence-electron chi connectivity index (χ2n) is 4.17. The minimum atomic E-state index is 0.108. The van der Waals surface area contributed by atoms with Gasteiger partial charge in [0.1, 0.15) is 0 Å². The van der Waals surface area contributed by atoms with E-state index in [0.717, 1.165) is 19.3 Å². The quantitative estimate of drug-likeness (QED) is 0.676. The van der Waals surface area contributed by atoms with E-state index < -0.39 is 0 Å². The Morgan fingerprint density at radius 1 is 1.22 bits per heavy atom. The number of allylic oxidation sites excluding steroid dienone is 1. The lowest BCUT2D eigenvalue weighted by molar-refractivity contribution is 0.0377. The Balaban J connectivity index is 2.33. The van der Waals surface area contributed by atoms with Gasteiger partial charge in [-0.3, -0.25) is 0 Å². The molecule has 0 radical (unpaired) electrons. The molecule has 1 aromatic rings. The lowest BCUT2D eigenvalue weighted by Gasteiger charge is -2.15. The normalized spacial score (nSPS) is 12.7. The van der Waals surface area contributed by atoms with E-state index in [4.69, 9.17) is 9.84 Å². The van der Waals surface area contributed by atoms with Crippen molar-refractivity contribution in [2.24, 2.45) is 0 Å². The zero-order valence-corrected chi connectivity index (χ0v) is 10.8. The van der Waals surface area contributed by atoms with Gasteiger partial charge >= 0.3 is 0 Å². The van der Waals surface area contributed by atoms with Gasteiger partial charge in [0.2, 0.25) is 0 Å². The molecule has 0 unspecified atom stereocenters. The van der Waals surface area contributed by atoms with Gasteiger partial charge in [0, 0.05) is 0 Å². The first kappa shape index (κ1) is 14.7. The van der Waals surface area contributed by atoms with E-state index in [-0.39, 0.29) is 12.7 Å². The molecule has 0 amide bonds. The minimum absolute atomic E-state index is 0.108. The molecule has 1 atom stereocenters. The predicted octanol–water partition coefficient (Wildman–Crippen LogP) is 3.48. The van der Waals surface area contributed by atoms with Crippen LogP contribution in [-0.2, 0) is 11.3 Å². The SMILES string of the molecule is C=CC[C@H](CC/C=C\CO)OCc1ccccc1. The molecule has 0 aliphatic heterocycles. The predicted molar refractivity (Wildman–Crippen MR) is 75.3 cm³/mol. The highest BCUT2D eigenvalue weighted by atomic mass is 16.5. The van der Waals surface area contributed by atoms with Crippen molar-refractivity contribution in [2.45, 2.75) is 32.0 Å². The largest absolute Gasteiger partial charge is 0.392 e. The number of ether oxygens (including phenoxy) is 1. The van der Waals surface area contributed by atoms with E-state index in [2.05, 4.69) is 18.7 Å². The molecular weight excluding hydrogens is 224 g/mol. The highest BCUT2D eigenvalue weighted by Gasteiger charge is 2.06. The van der Waals surface area contributed by atoms with Crippen LogP contribution in [0, 0.1) is 0 Å². The van der Waals surface area contributed by atoms with E-state index in [1.807, 2.05) is 30.4 Å². The van der Waals surface area contributed by atoms with Crippen LogP contribution in [0.1, 0.15) is 24.8 Å². The third kappa shape index (κ3) is 6.38. The fraction of sp³-hybridized carbons (Fsp3) is 0.375. The molecule has 98 valence electrons. The van der Waals surface area contributed by atoms with Crippen molar-refractivity contribution in [2.75, 3.05) is 6.61 Å². The summed E-state index contributed by atoms with van der Waals surface area (Å²) in [5, 5.41) is 8.65. The maximum atomic E-state index is 8.65. The number of benzene rings is 1. The first-order valence-electron chi connectivity index (χ1n) is 6.39. The molecule has 18 heavy (non-hydrogen) atoms. The van der Waals surface area contributed by atoms with Crippen LogP contribution in [-0.4, -0.2) is 17.8 Å². The van der Waals surface area contributed by atoms with Gasteiger partial charge in [-0.05, 0) is 24.8 Å². The molecule has 1 N–H and O–H groups in total. The summed E-state index contributed by atoms with van der Waals surface area (Å²) in [5.74, 6) is 0. The molecule has 0 aliphatic carbocycles. The van der Waals surface area contributed by atoms with E-state index >= 15 is 0 Å². The Morgan fingerprint density at radius 2 is 2.00 bits per heavy atom. The number of aliphatic hydroxyl groups is 1. The van der Waals surface area contributed by atoms with E-state index in [1.165, 1.54) is 5.56 Å². The Morgan fingerprint density at radius 3 is 2.67 bits per heavy atom. The van der Waals surface area contributed by atoms with Crippen LogP contribution < -0.4 is 0 Å². The molecule has 0 bridgehead atoms. The molecule has 0 fully saturated rings. The number of hydrogen-bond acceptors (Lipinski definition) is 2. The van der Waals surface area contributed by atoms with E-state index in [1.54, 1.807) is 6.08 Å². The zero-order valence-electron chi connectivity index (χ0n) is 10.8. The Bertz CT molecular complexity index is 343. The van der Waals surface area contributed by atoms with Gasteiger partial charge in [0.05, 0.1) is 19.3 Å². The lowest BCUT2D eigenvalue weighted by Crippen LogP contribution is -2.11. The maximum Gasteiger partial charge on any atom is 0.0720 e. The summed E-state index contributed by atoms with van der Waals surface area (Å²) < 4.78 is 5.88. The lowest BCUT2D eigenvalue weighted by atomic mass is 10.1. The van der Waals surface area contributed by atoms with Crippen molar-refractivity contribution >= 4 is 0 Å². The molecule has 2 nitrogen and oxygen atoms in total. The maximum absolute atomic E-state index is 8.65. The molecular formula is C16H22O2. The van der Waals surface area contributed by atoms with Gasteiger partial charge < -0.3 is 9.84 Å². The van der Waals surface area contributed by atoms with Gasteiger partial charge in [-0.15, -0.1) is 6.58 Å². The van der Waals surface area contributed by atoms with Crippen LogP contribution in [0.2, 0.25) is 0 Å². The second kappa shape index (κ2) is 9.63. The van der Waals surface area contributed by atoms with E-state index in [0.29, 0.717) is 6.61 Å². The minimum Gasteiger partial charge on any atom is -0.392 e. The third-order valence-electron chi connectivity index (χ3n) is 2.69. The third-order valence-corrected chi connectivity index (χ3v) is 2.69. The van der Waals surface area contributed by atoms with Crippen LogP contribution in [0.4, 0.5) is 0 Å². The smallest absolute Gasteiger partial charge is 0.0720 e. The fourth-order valence-corrected chi connectivity index (χ4v) is 1.72. The van der Waals surface area contributed by atoms with Crippen LogP contribution in [0.25, 0.3) is 0 Å². The van der Waals surface area contributed by atoms with Crippen LogP contribution in [0.3, 0.4) is 0 Å². The molecule has 0 heterocycles. The summed E-state index contributed by atoms with van der Waals surface area (Å²) in [6.07, 6.45) is 8.59. The number of rotatable bonds is 9. The highest BCUT2D eigenvalue weighted by molar-refractivity contribution is 5.13. The highest BCUT2D eigenvalue weighted by Crippen LogP contribution is 2.11. The Kier molecular flexibility index (Phi) is 7.85. The van der Waals surface area contributed by atoms with Gasteiger partial charge in [0.25, 0.3) is 0 Å². The summed E-state index contributed by atoms with van der Waals surface area (Å²) in [6, 6.07) is 10.2. The van der Waals surface area contributed by atoms with Crippen LogP contribution in [0.5, 0.6) is 0 Å². The molecule has 1 rings (SSSR count). The van der Waals surface area contributed by atoms with Crippen molar-refractivity contribution in [3.8, 4) is 0 Å². The Labute approximate surface area is 110 Å². The van der Waals surface area contributed by atoms with Crippen molar-refractivity contribution < 1.29 is 9.84 Å². The van der Waals surface area contributed by atoms with Crippen molar-refractivity contribution in [1.29, 1.82) is 0 Å². The molecule has 0 saturated carbocycles. The summed E-state index contributed by atoms with van der Waals surface area (Å²) in [5.41, 5.74) is 1.19. The first-order chi connectivity index (χ1) is 8.86. The van der Waals surface area contributed by atoms with Gasteiger partial charge in [0.15, 0.2) is 0 Å². The van der Waals surface area contributed by atoms with Crippen molar-refractivity contribution in [1.82, 2.24) is 0 Å². The summed E-state index contributed by atoms with van der Waals surface area (Å²) in [6.45, 7) is 4.51. The zero-order chi connectivity index (χ0) is 13.1. The molecule has 0 spiro atoms. The fourth-order valence-electron chi connectivity index (χ4n) is 1.72. The topological polar surface area (TPSA) is 29.5 Å². The second-order valence-corrected chi connectivity index (χ2v) is 4.17. The summed E-state index contributed by atoms with van der Waals surface area (Å²) in [4.78, 5) is 0. The van der Waals surface area contributed by atoms with Gasteiger partial charge in [-0.25, -0.2) is 0 Å². The van der Waals surface area contributed by atoms with Crippen LogP contribution in [0.15, 0.2) is 55.1 Å². The van der Waals surface area contributed by atoms with Crippen molar-refractivity contribution in [3.63, 3.8) is 0 Å². The molecule has 0 aromatic heterocycles. The average molecular weight is 246 g/mol. The van der Waals surface area contributed by atoms with E-state index in [9.17, 15) is 0 Å². The molecule has 2 heteroatoms. The monoisotopic (exact) mass is 246 g/mol. The molecule has 0 aliphatic rings. The summed E-state index contributed by atoms with van der Waals surface area (Å²) in [7, 11) is 0. The number of hydrogen-bond donors (Lipinski definition) is 1. The molecule has 0 saturated heterocycles.